The van der Waals surface area contributed by atoms with Crippen molar-refractivity contribution in [2.24, 2.45) is 17.6 Å². The molecule has 0 bridgehead atoms. The molecule has 206 valence electrons. The summed E-state index contributed by atoms with van der Waals surface area (Å²) in [5.41, 5.74) is 6.04. The second kappa shape index (κ2) is 15.5. The van der Waals surface area contributed by atoms with E-state index in [-0.39, 0.29) is 35.9 Å². The van der Waals surface area contributed by atoms with Gasteiger partial charge < -0.3 is 35.3 Å². The molecule has 1 aliphatic heterocycles. The zero-order chi connectivity index (χ0) is 26.5. The van der Waals surface area contributed by atoms with Crippen molar-refractivity contribution in [3.8, 4) is 5.75 Å². The zero-order valence-electron chi connectivity index (χ0n) is 21.7. The summed E-state index contributed by atoms with van der Waals surface area (Å²) in [6.45, 7) is 2.22. The SMILES string of the molecule is COC(=O)[C@@H]1CCC[C@@H]1CNC(=O)[C@H](CCCN)NC(=O)c1cccc(OCCOC2CCCCO2)c1. The zero-order valence-corrected chi connectivity index (χ0v) is 21.7. The van der Waals surface area contributed by atoms with Crippen molar-refractivity contribution < 1.29 is 33.3 Å². The van der Waals surface area contributed by atoms with Crippen molar-refractivity contribution in [1.29, 1.82) is 0 Å². The van der Waals surface area contributed by atoms with E-state index in [4.69, 9.17) is 24.7 Å². The summed E-state index contributed by atoms with van der Waals surface area (Å²) in [4.78, 5) is 37.9. The van der Waals surface area contributed by atoms with Crippen LogP contribution in [0.2, 0.25) is 0 Å². The van der Waals surface area contributed by atoms with Gasteiger partial charge >= 0.3 is 5.97 Å². The van der Waals surface area contributed by atoms with Gasteiger partial charge in [0.2, 0.25) is 5.91 Å². The van der Waals surface area contributed by atoms with Gasteiger partial charge in [-0.1, -0.05) is 12.5 Å². The van der Waals surface area contributed by atoms with Gasteiger partial charge in [-0.15, -0.1) is 0 Å². The van der Waals surface area contributed by atoms with Gasteiger partial charge in [0, 0.05) is 18.7 Å². The smallest absolute Gasteiger partial charge is 0.309 e. The summed E-state index contributed by atoms with van der Waals surface area (Å²) in [7, 11) is 1.38. The highest BCUT2D eigenvalue weighted by atomic mass is 16.7. The number of nitrogens with two attached hydrogens (primary N) is 1. The lowest BCUT2D eigenvalue weighted by Gasteiger charge is -2.22. The third kappa shape index (κ3) is 9.28. The first-order valence-electron chi connectivity index (χ1n) is 13.3. The first-order valence-corrected chi connectivity index (χ1v) is 13.3. The maximum absolute atomic E-state index is 13.0. The Labute approximate surface area is 218 Å². The lowest BCUT2D eigenvalue weighted by atomic mass is 9.96. The maximum Gasteiger partial charge on any atom is 0.309 e. The lowest BCUT2D eigenvalue weighted by molar-refractivity contribution is -0.165. The molecule has 0 spiro atoms. The van der Waals surface area contributed by atoms with Crippen LogP contribution in [0.3, 0.4) is 0 Å². The predicted octanol–water partition coefficient (Wildman–Crippen LogP) is 2.15. The Kier molecular flexibility index (Phi) is 12.1. The van der Waals surface area contributed by atoms with Crippen LogP contribution in [-0.2, 0) is 23.8 Å². The Hall–Kier alpha value is -2.69. The molecule has 1 saturated heterocycles. The first kappa shape index (κ1) is 28.9. The number of amides is 2. The van der Waals surface area contributed by atoms with E-state index in [0.29, 0.717) is 50.5 Å². The molecule has 1 saturated carbocycles. The van der Waals surface area contributed by atoms with Crippen LogP contribution in [0, 0.1) is 11.8 Å². The van der Waals surface area contributed by atoms with Gasteiger partial charge in [0.05, 0.1) is 19.6 Å². The number of methoxy groups -OCH3 is 1. The molecule has 4 N–H and O–H groups in total. The number of nitrogens with one attached hydrogen (secondary N) is 2. The van der Waals surface area contributed by atoms with Crippen LogP contribution < -0.4 is 21.1 Å². The topological polar surface area (TPSA) is 138 Å². The van der Waals surface area contributed by atoms with E-state index in [1.807, 2.05) is 0 Å². The van der Waals surface area contributed by atoms with Gasteiger partial charge in [-0.05, 0) is 75.6 Å². The van der Waals surface area contributed by atoms with E-state index in [2.05, 4.69) is 10.6 Å². The number of rotatable bonds is 14. The molecule has 4 atom stereocenters. The van der Waals surface area contributed by atoms with E-state index >= 15 is 0 Å². The average Bonchev–Trinajstić information content (AvgIpc) is 3.41. The highest BCUT2D eigenvalue weighted by Crippen LogP contribution is 2.32. The highest BCUT2D eigenvalue weighted by molar-refractivity contribution is 5.97. The molecule has 10 nitrogen and oxygen atoms in total. The van der Waals surface area contributed by atoms with Crippen LogP contribution in [0.4, 0.5) is 0 Å². The van der Waals surface area contributed by atoms with Crippen LogP contribution in [0.1, 0.15) is 61.7 Å². The largest absolute Gasteiger partial charge is 0.491 e. The van der Waals surface area contributed by atoms with Crippen molar-refractivity contribution in [3.63, 3.8) is 0 Å². The molecule has 1 heterocycles. The van der Waals surface area contributed by atoms with Crippen molar-refractivity contribution >= 4 is 17.8 Å². The van der Waals surface area contributed by atoms with Crippen LogP contribution in [-0.4, -0.2) is 70.1 Å². The molecule has 2 aliphatic rings. The maximum atomic E-state index is 13.0. The number of hydrogen-bond donors (Lipinski definition) is 3. The number of carbonyl (C=O) groups is 3. The van der Waals surface area contributed by atoms with E-state index in [1.54, 1.807) is 24.3 Å². The fourth-order valence-electron chi connectivity index (χ4n) is 4.84. The van der Waals surface area contributed by atoms with Crippen LogP contribution in [0.25, 0.3) is 0 Å². The van der Waals surface area contributed by atoms with Crippen molar-refractivity contribution in [3.05, 3.63) is 29.8 Å². The van der Waals surface area contributed by atoms with Crippen LogP contribution >= 0.6 is 0 Å². The summed E-state index contributed by atoms with van der Waals surface area (Å²) in [6, 6.07) is 6.08. The molecule has 1 unspecified atom stereocenters. The fraction of sp³-hybridized carbons (Fsp3) is 0.667. The number of esters is 1. The Balaban J connectivity index is 1.49. The second-order valence-electron chi connectivity index (χ2n) is 9.57. The van der Waals surface area contributed by atoms with Gasteiger partial charge in [0.15, 0.2) is 6.29 Å². The molecule has 1 aromatic carbocycles. The van der Waals surface area contributed by atoms with Crippen LogP contribution in [0.5, 0.6) is 5.75 Å². The molecule has 10 heteroatoms. The number of benzene rings is 1. The van der Waals surface area contributed by atoms with Crippen molar-refractivity contribution in [2.75, 3.05) is 40.0 Å². The minimum Gasteiger partial charge on any atom is -0.491 e. The van der Waals surface area contributed by atoms with Gasteiger partial charge in [-0.2, -0.15) is 0 Å². The molecular weight excluding hydrogens is 478 g/mol. The minimum absolute atomic E-state index is 0.0322. The first-order chi connectivity index (χ1) is 18.0. The van der Waals surface area contributed by atoms with Crippen molar-refractivity contribution in [2.45, 2.75) is 63.7 Å². The molecule has 0 radical (unpaired) electrons. The monoisotopic (exact) mass is 519 g/mol. The number of ether oxygens (including phenoxy) is 4. The molecule has 1 aliphatic carbocycles. The Morgan fingerprint density at radius 2 is 2.00 bits per heavy atom. The Bertz CT molecular complexity index is 875. The predicted molar refractivity (Wildman–Crippen MR) is 137 cm³/mol. The van der Waals surface area contributed by atoms with Gasteiger partial charge in [-0.25, -0.2) is 0 Å². The summed E-state index contributed by atoms with van der Waals surface area (Å²) in [6.07, 6.45) is 6.42. The third-order valence-electron chi connectivity index (χ3n) is 6.91. The van der Waals surface area contributed by atoms with Crippen molar-refractivity contribution in [1.82, 2.24) is 10.6 Å². The molecule has 0 aromatic heterocycles. The second-order valence-corrected chi connectivity index (χ2v) is 9.57. The average molecular weight is 520 g/mol. The quantitative estimate of drug-likeness (QED) is 0.251. The van der Waals surface area contributed by atoms with Gasteiger partial charge in [-0.3, -0.25) is 14.4 Å². The van der Waals surface area contributed by atoms with E-state index in [9.17, 15) is 14.4 Å². The standard InChI is InChI=1S/C27H41N3O7/c1-34-27(33)22-10-5-8-20(22)18-29-26(32)23(11-6-13-28)30-25(31)19-7-4-9-21(17-19)35-15-16-37-24-12-2-3-14-36-24/h4,7,9,17,20,22-24H,2-3,5-6,8,10-16,18,28H2,1H3,(H,29,32)(H,30,31)/t20-,22-,23+,24?/m1/s1. The minimum atomic E-state index is -0.734. The van der Waals surface area contributed by atoms with Crippen LogP contribution in [0.15, 0.2) is 24.3 Å². The third-order valence-corrected chi connectivity index (χ3v) is 6.91. The Morgan fingerprint density at radius 1 is 1.14 bits per heavy atom. The summed E-state index contributed by atoms with van der Waals surface area (Å²) < 4.78 is 21.9. The summed E-state index contributed by atoms with van der Waals surface area (Å²) in [5, 5.41) is 5.75. The molecule has 2 amide bonds. The van der Waals surface area contributed by atoms with E-state index < -0.39 is 6.04 Å². The number of hydrogen-bond acceptors (Lipinski definition) is 8. The molecule has 2 fully saturated rings. The van der Waals surface area contributed by atoms with Gasteiger partial charge in [0.1, 0.15) is 18.4 Å². The molecule has 3 rings (SSSR count). The number of carbonyl (C=O) groups excluding carboxylic acids is 3. The molecular formula is C27H41N3O7. The Morgan fingerprint density at radius 3 is 2.76 bits per heavy atom. The summed E-state index contributed by atoms with van der Waals surface area (Å²) in [5.74, 6) is -0.524. The molecule has 1 aromatic rings. The van der Waals surface area contributed by atoms with E-state index in [1.165, 1.54) is 7.11 Å². The van der Waals surface area contributed by atoms with Gasteiger partial charge in [0.25, 0.3) is 5.91 Å². The fourth-order valence-corrected chi connectivity index (χ4v) is 4.84. The lowest BCUT2D eigenvalue weighted by Crippen LogP contribution is -2.48. The normalized spacial score (nSPS) is 22.2. The molecule has 37 heavy (non-hydrogen) atoms. The summed E-state index contributed by atoms with van der Waals surface area (Å²) >= 11 is 0. The highest BCUT2D eigenvalue weighted by Gasteiger charge is 2.34. The van der Waals surface area contributed by atoms with E-state index in [0.717, 1.165) is 45.1 Å².